The second-order valence-electron chi connectivity index (χ2n) is 5.26. The minimum atomic E-state index is 0.0845. The van der Waals surface area contributed by atoms with Crippen molar-refractivity contribution in [1.29, 1.82) is 0 Å². The molecule has 0 aliphatic heterocycles. The van der Waals surface area contributed by atoms with Gasteiger partial charge in [0.05, 0.1) is 0 Å². The van der Waals surface area contributed by atoms with Crippen LogP contribution in [0.1, 0.15) is 40.4 Å². The third-order valence-electron chi connectivity index (χ3n) is 3.72. The second-order valence-corrected chi connectivity index (χ2v) is 5.26. The van der Waals surface area contributed by atoms with Crippen LogP contribution in [0.3, 0.4) is 0 Å². The Morgan fingerprint density at radius 1 is 1.05 bits per heavy atom. The van der Waals surface area contributed by atoms with Gasteiger partial charge in [0.1, 0.15) is 0 Å². The van der Waals surface area contributed by atoms with Crippen LogP contribution < -0.4 is 5.73 Å². The first-order valence-corrected chi connectivity index (χ1v) is 6.81. The van der Waals surface area contributed by atoms with Crippen molar-refractivity contribution in [1.82, 2.24) is 4.98 Å². The summed E-state index contributed by atoms with van der Waals surface area (Å²) < 4.78 is 0. The van der Waals surface area contributed by atoms with Gasteiger partial charge < -0.3 is 5.73 Å². The predicted octanol–water partition coefficient (Wildman–Crippen LogP) is 3.64. The minimum Gasteiger partial charge on any atom is -0.324 e. The van der Waals surface area contributed by atoms with Crippen LogP contribution in [-0.2, 0) is 6.42 Å². The standard InChI is InChI=1S/C17H22N2/c1-12-10-14(3)16(11-13(12)2)17(18)8-7-15-6-4-5-9-19-15/h4-6,9-11,17H,7-8,18H2,1-3H3. The van der Waals surface area contributed by atoms with E-state index in [2.05, 4.69) is 44.0 Å². The van der Waals surface area contributed by atoms with Crippen LogP contribution in [0.15, 0.2) is 36.5 Å². The lowest BCUT2D eigenvalue weighted by molar-refractivity contribution is 0.640. The van der Waals surface area contributed by atoms with Crippen molar-refractivity contribution >= 4 is 0 Å². The number of aryl methyl sites for hydroxylation is 4. The summed E-state index contributed by atoms with van der Waals surface area (Å²) >= 11 is 0. The molecule has 0 aliphatic rings. The van der Waals surface area contributed by atoms with E-state index in [1.165, 1.54) is 22.3 Å². The molecule has 0 fully saturated rings. The summed E-state index contributed by atoms with van der Waals surface area (Å²) in [5.74, 6) is 0. The lowest BCUT2D eigenvalue weighted by Gasteiger charge is -2.16. The highest BCUT2D eigenvalue weighted by Gasteiger charge is 2.11. The molecule has 2 nitrogen and oxygen atoms in total. The quantitative estimate of drug-likeness (QED) is 0.904. The van der Waals surface area contributed by atoms with Gasteiger partial charge in [-0.15, -0.1) is 0 Å². The number of aromatic nitrogens is 1. The van der Waals surface area contributed by atoms with E-state index in [-0.39, 0.29) is 6.04 Å². The summed E-state index contributed by atoms with van der Waals surface area (Å²) in [6.07, 6.45) is 3.69. The van der Waals surface area contributed by atoms with Crippen molar-refractivity contribution in [2.45, 2.75) is 39.7 Å². The molecule has 1 heterocycles. The Morgan fingerprint density at radius 3 is 2.47 bits per heavy atom. The third-order valence-corrected chi connectivity index (χ3v) is 3.72. The highest BCUT2D eigenvalue weighted by Crippen LogP contribution is 2.23. The lowest BCUT2D eigenvalue weighted by atomic mass is 9.93. The number of benzene rings is 1. The molecule has 0 bridgehead atoms. The number of nitrogens with zero attached hydrogens (tertiary/aromatic N) is 1. The topological polar surface area (TPSA) is 38.9 Å². The summed E-state index contributed by atoms with van der Waals surface area (Å²) in [4.78, 5) is 4.34. The molecule has 0 saturated heterocycles. The Bertz CT molecular complexity index is 547. The zero-order chi connectivity index (χ0) is 13.8. The van der Waals surface area contributed by atoms with Crippen LogP contribution in [0.25, 0.3) is 0 Å². The van der Waals surface area contributed by atoms with Gasteiger partial charge in [-0.2, -0.15) is 0 Å². The highest BCUT2D eigenvalue weighted by molar-refractivity contribution is 5.38. The number of pyridine rings is 1. The molecule has 2 N–H and O–H groups in total. The van der Waals surface area contributed by atoms with E-state index in [9.17, 15) is 0 Å². The van der Waals surface area contributed by atoms with Crippen LogP contribution in [0, 0.1) is 20.8 Å². The van der Waals surface area contributed by atoms with E-state index in [1.807, 2.05) is 18.3 Å². The van der Waals surface area contributed by atoms with Crippen molar-refractivity contribution in [2.75, 3.05) is 0 Å². The minimum absolute atomic E-state index is 0.0845. The Balaban J connectivity index is 2.08. The molecule has 0 radical (unpaired) electrons. The van der Waals surface area contributed by atoms with E-state index in [0.29, 0.717) is 0 Å². The molecule has 1 unspecified atom stereocenters. The van der Waals surface area contributed by atoms with Crippen LogP contribution in [-0.4, -0.2) is 4.98 Å². The molecule has 0 aliphatic carbocycles. The summed E-state index contributed by atoms with van der Waals surface area (Å²) in [5.41, 5.74) is 12.6. The first-order chi connectivity index (χ1) is 9.08. The molecule has 1 aromatic carbocycles. The number of nitrogens with two attached hydrogens (primary N) is 1. The fraction of sp³-hybridized carbons (Fsp3) is 0.353. The van der Waals surface area contributed by atoms with Gasteiger partial charge in [-0.1, -0.05) is 18.2 Å². The zero-order valence-corrected chi connectivity index (χ0v) is 12.0. The van der Waals surface area contributed by atoms with Gasteiger partial charge in [-0.05, 0) is 68.0 Å². The maximum absolute atomic E-state index is 6.33. The fourth-order valence-electron chi connectivity index (χ4n) is 2.39. The zero-order valence-electron chi connectivity index (χ0n) is 12.0. The summed E-state index contributed by atoms with van der Waals surface area (Å²) in [6.45, 7) is 6.43. The molecule has 100 valence electrons. The van der Waals surface area contributed by atoms with Crippen LogP contribution in [0.2, 0.25) is 0 Å². The Hall–Kier alpha value is -1.67. The Kier molecular flexibility index (Phi) is 4.33. The molecule has 2 rings (SSSR count). The van der Waals surface area contributed by atoms with Crippen molar-refractivity contribution < 1.29 is 0 Å². The summed E-state index contributed by atoms with van der Waals surface area (Å²) in [7, 11) is 0. The van der Waals surface area contributed by atoms with Crippen molar-refractivity contribution in [3.8, 4) is 0 Å². The predicted molar refractivity (Wildman–Crippen MR) is 80.1 cm³/mol. The number of hydrogen-bond donors (Lipinski definition) is 1. The summed E-state index contributed by atoms with van der Waals surface area (Å²) in [5, 5.41) is 0. The number of hydrogen-bond acceptors (Lipinski definition) is 2. The Morgan fingerprint density at radius 2 is 1.79 bits per heavy atom. The highest BCUT2D eigenvalue weighted by atomic mass is 14.7. The Labute approximate surface area is 115 Å². The summed E-state index contributed by atoms with van der Waals surface area (Å²) in [6, 6.07) is 10.6. The van der Waals surface area contributed by atoms with Gasteiger partial charge in [0, 0.05) is 17.9 Å². The third kappa shape index (κ3) is 3.42. The van der Waals surface area contributed by atoms with E-state index in [0.717, 1.165) is 18.5 Å². The van der Waals surface area contributed by atoms with Crippen molar-refractivity contribution in [3.63, 3.8) is 0 Å². The SMILES string of the molecule is Cc1cc(C)c(C(N)CCc2ccccn2)cc1C. The van der Waals surface area contributed by atoms with E-state index in [4.69, 9.17) is 5.73 Å². The van der Waals surface area contributed by atoms with Crippen LogP contribution in [0.5, 0.6) is 0 Å². The molecular weight excluding hydrogens is 232 g/mol. The molecule has 2 heteroatoms. The molecule has 19 heavy (non-hydrogen) atoms. The maximum Gasteiger partial charge on any atom is 0.0404 e. The van der Waals surface area contributed by atoms with Crippen LogP contribution >= 0.6 is 0 Å². The molecule has 0 amide bonds. The van der Waals surface area contributed by atoms with E-state index >= 15 is 0 Å². The largest absolute Gasteiger partial charge is 0.324 e. The normalized spacial score (nSPS) is 12.4. The van der Waals surface area contributed by atoms with Crippen molar-refractivity contribution in [3.05, 3.63) is 64.5 Å². The second kappa shape index (κ2) is 5.98. The monoisotopic (exact) mass is 254 g/mol. The maximum atomic E-state index is 6.33. The van der Waals surface area contributed by atoms with Crippen molar-refractivity contribution in [2.24, 2.45) is 5.73 Å². The van der Waals surface area contributed by atoms with Crippen LogP contribution in [0.4, 0.5) is 0 Å². The van der Waals surface area contributed by atoms with Gasteiger partial charge in [-0.25, -0.2) is 0 Å². The van der Waals surface area contributed by atoms with Gasteiger partial charge >= 0.3 is 0 Å². The van der Waals surface area contributed by atoms with Gasteiger partial charge in [-0.3, -0.25) is 4.98 Å². The fourth-order valence-corrected chi connectivity index (χ4v) is 2.39. The van der Waals surface area contributed by atoms with E-state index < -0.39 is 0 Å². The molecular formula is C17H22N2. The average Bonchev–Trinajstić information content (AvgIpc) is 2.41. The molecule has 0 saturated carbocycles. The van der Waals surface area contributed by atoms with Gasteiger partial charge in [0.2, 0.25) is 0 Å². The average molecular weight is 254 g/mol. The first-order valence-electron chi connectivity index (χ1n) is 6.81. The molecule has 1 aromatic heterocycles. The van der Waals surface area contributed by atoms with Gasteiger partial charge in [0.25, 0.3) is 0 Å². The lowest BCUT2D eigenvalue weighted by Crippen LogP contribution is -2.13. The first kappa shape index (κ1) is 13.8. The molecule has 2 aromatic rings. The van der Waals surface area contributed by atoms with Gasteiger partial charge in [0.15, 0.2) is 0 Å². The number of rotatable bonds is 4. The molecule has 0 spiro atoms. The molecule has 1 atom stereocenters. The smallest absolute Gasteiger partial charge is 0.0404 e. The van der Waals surface area contributed by atoms with E-state index in [1.54, 1.807) is 0 Å².